The van der Waals surface area contributed by atoms with Crippen molar-refractivity contribution in [3.63, 3.8) is 0 Å². The Bertz CT molecular complexity index is 605. The van der Waals surface area contributed by atoms with Crippen LogP contribution >= 0.6 is 0 Å². The van der Waals surface area contributed by atoms with E-state index in [0.717, 1.165) is 5.69 Å². The summed E-state index contributed by atoms with van der Waals surface area (Å²) in [5, 5.41) is 0. The monoisotopic (exact) mass is 339 g/mol. The predicted molar refractivity (Wildman–Crippen MR) is 88.6 cm³/mol. The van der Waals surface area contributed by atoms with Crippen LogP contribution in [-0.4, -0.2) is 16.2 Å². The third-order valence-electron chi connectivity index (χ3n) is 3.45. The van der Waals surface area contributed by atoms with Crippen molar-refractivity contribution < 1.29 is 16.5 Å². The van der Waals surface area contributed by atoms with E-state index in [1.54, 1.807) is 18.6 Å². The molecule has 0 N–H and O–H groups in total. The molecule has 0 atom stereocenters. The minimum Gasteiger partial charge on any atom is -0.252 e. The number of aromatic nitrogens is 2. The van der Waals surface area contributed by atoms with Gasteiger partial charge in [0, 0.05) is 28.9 Å². The van der Waals surface area contributed by atoms with Crippen molar-refractivity contribution in [2.24, 2.45) is 4.99 Å². The molecule has 0 saturated carbocycles. The predicted octanol–water partition coefficient (Wildman–Crippen LogP) is 4.78. The molecule has 0 unspecified atom stereocenters. The number of aliphatic imine (C=N–C) groups is 1. The van der Waals surface area contributed by atoms with Gasteiger partial charge in [-0.15, -0.1) is 0 Å². The van der Waals surface area contributed by atoms with Crippen LogP contribution in [0, 0.1) is 6.92 Å². The molecule has 0 aliphatic rings. The van der Waals surface area contributed by atoms with E-state index >= 15 is 0 Å². The van der Waals surface area contributed by atoms with Crippen LogP contribution in [0.3, 0.4) is 0 Å². The van der Waals surface area contributed by atoms with Crippen LogP contribution in [0.5, 0.6) is 0 Å². The van der Waals surface area contributed by atoms with E-state index in [1.807, 2.05) is 6.07 Å². The van der Waals surface area contributed by atoms with Crippen molar-refractivity contribution in [3.8, 4) is 0 Å². The molecule has 0 fully saturated rings. The molecule has 120 valence electrons. The third-order valence-corrected chi connectivity index (χ3v) is 3.45. The molecular weight excluding hydrogens is 317 g/mol. The summed E-state index contributed by atoms with van der Waals surface area (Å²) in [7, 11) is 0. The summed E-state index contributed by atoms with van der Waals surface area (Å²) in [5.74, 6) is 1.51. The molecule has 0 amide bonds. The van der Waals surface area contributed by atoms with Crippen LogP contribution in [-0.2, 0) is 16.5 Å². The summed E-state index contributed by atoms with van der Waals surface area (Å²) in [6, 6.07) is 6.27. The van der Waals surface area contributed by atoms with Crippen LogP contribution in [0.2, 0.25) is 0 Å². The van der Waals surface area contributed by atoms with Gasteiger partial charge in [-0.05, 0) is 36.0 Å². The van der Waals surface area contributed by atoms with Crippen molar-refractivity contribution in [1.82, 2.24) is 9.97 Å². The van der Waals surface area contributed by atoms with E-state index in [1.165, 1.54) is 16.7 Å². The fourth-order valence-corrected chi connectivity index (χ4v) is 2.36. The standard InChI is InChI=1S/C18H23N3.Ni/c1-12(2)15-9-14(5)10-16(13(3)4)18(15)21-11-17-19-7-6-8-20-17;/h6-13H,1-5H3;. The Morgan fingerprint density at radius 1 is 0.955 bits per heavy atom. The van der Waals surface area contributed by atoms with Gasteiger partial charge >= 0.3 is 0 Å². The molecular formula is C18H23N3Ni. The molecule has 1 aromatic carbocycles. The van der Waals surface area contributed by atoms with Crippen molar-refractivity contribution in [2.45, 2.75) is 46.5 Å². The molecule has 4 heteroatoms. The zero-order chi connectivity index (χ0) is 15.4. The second-order valence-electron chi connectivity index (χ2n) is 5.97. The maximum atomic E-state index is 4.71. The van der Waals surface area contributed by atoms with Crippen LogP contribution in [0.4, 0.5) is 5.69 Å². The van der Waals surface area contributed by atoms with E-state index in [4.69, 9.17) is 4.99 Å². The number of hydrogen-bond donors (Lipinski definition) is 0. The van der Waals surface area contributed by atoms with E-state index < -0.39 is 0 Å². The van der Waals surface area contributed by atoms with Crippen molar-refractivity contribution in [2.75, 3.05) is 0 Å². The Hall–Kier alpha value is -1.54. The Labute approximate surface area is 143 Å². The second kappa shape index (κ2) is 8.19. The minimum absolute atomic E-state index is 0. The Morgan fingerprint density at radius 2 is 1.45 bits per heavy atom. The van der Waals surface area contributed by atoms with Crippen LogP contribution in [0.1, 0.15) is 62.0 Å². The normalized spacial score (nSPS) is 11.2. The quantitative estimate of drug-likeness (QED) is 0.593. The third kappa shape index (κ3) is 4.48. The summed E-state index contributed by atoms with van der Waals surface area (Å²) in [4.78, 5) is 13.1. The molecule has 1 heterocycles. The van der Waals surface area contributed by atoms with Gasteiger partial charge in [-0.25, -0.2) is 9.97 Å². The fourth-order valence-electron chi connectivity index (χ4n) is 2.36. The minimum atomic E-state index is 0. The van der Waals surface area contributed by atoms with Gasteiger partial charge in [0.1, 0.15) is 0 Å². The average Bonchev–Trinajstić information content (AvgIpc) is 2.46. The topological polar surface area (TPSA) is 38.1 Å². The summed E-state index contributed by atoms with van der Waals surface area (Å²) < 4.78 is 0. The van der Waals surface area contributed by atoms with Gasteiger partial charge in [0.05, 0.1) is 11.9 Å². The first-order valence-electron chi connectivity index (χ1n) is 7.44. The Morgan fingerprint density at radius 3 is 1.91 bits per heavy atom. The smallest absolute Gasteiger partial charge is 0.170 e. The number of hydrogen-bond acceptors (Lipinski definition) is 3. The van der Waals surface area contributed by atoms with Crippen molar-refractivity contribution in [3.05, 3.63) is 53.1 Å². The molecule has 0 radical (unpaired) electrons. The van der Waals surface area contributed by atoms with Crippen LogP contribution in [0.25, 0.3) is 0 Å². The maximum Gasteiger partial charge on any atom is 0.170 e. The molecule has 2 aromatic rings. The van der Waals surface area contributed by atoms with E-state index in [-0.39, 0.29) is 16.5 Å². The Kier molecular flexibility index (Phi) is 6.89. The van der Waals surface area contributed by atoms with Gasteiger partial charge in [0.25, 0.3) is 0 Å². The Balaban J connectivity index is 0.00000242. The van der Waals surface area contributed by atoms with E-state index in [0.29, 0.717) is 17.7 Å². The molecule has 0 saturated heterocycles. The van der Waals surface area contributed by atoms with Gasteiger partial charge in [-0.1, -0.05) is 45.4 Å². The van der Waals surface area contributed by atoms with Gasteiger partial charge < -0.3 is 0 Å². The van der Waals surface area contributed by atoms with E-state index in [2.05, 4.69) is 56.7 Å². The molecule has 0 aliphatic carbocycles. The first kappa shape index (κ1) is 18.5. The number of rotatable bonds is 4. The van der Waals surface area contributed by atoms with Gasteiger partial charge in [-0.3, -0.25) is 4.99 Å². The molecule has 22 heavy (non-hydrogen) atoms. The first-order chi connectivity index (χ1) is 9.99. The summed E-state index contributed by atoms with van der Waals surface area (Å²) in [6.07, 6.45) is 5.22. The zero-order valence-electron chi connectivity index (χ0n) is 13.8. The van der Waals surface area contributed by atoms with Gasteiger partial charge in [0.15, 0.2) is 5.82 Å². The summed E-state index contributed by atoms with van der Waals surface area (Å²) in [6.45, 7) is 11.0. The number of nitrogens with zero attached hydrogens (tertiary/aromatic N) is 3. The van der Waals surface area contributed by atoms with Crippen LogP contribution < -0.4 is 0 Å². The van der Waals surface area contributed by atoms with Crippen molar-refractivity contribution in [1.29, 1.82) is 0 Å². The molecule has 0 bridgehead atoms. The van der Waals surface area contributed by atoms with Crippen LogP contribution in [0.15, 0.2) is 35.6 Å². The molecule has 0 aliphatic heterocycles. The van der Waals surface area contributed by atoms with Gasteiger partial charge in [-0.2, -0.15) is 0 Å². The SMILES string of the molecule is Cc1cc(C(C)C)c(N=Cc2ncccn2)c(C(C)C)c1.[Ni]. The fraction of sp³-hybridized carbons (Fsp3) is 0.389. The number of aryl methyl sites for hydroxylation is 1. The first-order valence-corrected chi connectivity index (χ1v) is 7.44. The largest absolute Gasteiger partial charge is 0.252 e. The molecule has 2 rings (SSSR count). The van der Waals surface area contributed by atoms with E-state index in [9.17, 15) is 0 Å². The summed E-state index contributed by atoms with van der Waals surface area (Å²) >= 11 is 0. The molecule has 3 nitrogen and oxygen atoms in total. The van der Waals surface area contributed by atoms with Crippen molar-refractivity contribution >= 4 is 11.9 Å². The second-order valence-corrected chi connectivity index (χ2v) is 5.97. The number of benzene rings is 1. The average molecular weight is 340 g/mol. The van der Waals surface area contributed by atoms with Gasteiger partial charge in [0.2, 0.25) is 0 Å². The zero-order valence-corrected chi connectivity index (χ0v) is 14.8. The molecule has 1 aromatic heterocycles. The summed E-state index contributed by atoms with van der Waals surface area (Å²) in [5.41, 5.74) is 4.92. The maximum absolute atomic E-state index is 4.71. The molecule has 0 spiro atoms.